The molecule has 17 heavy (non-hydrogen) atoms. The third-order valence-electron chi connectivity index (χ3n) is 2.79. The number of benzene rings is 1. The molecule has 1 aliphatic heterocycles. The van der Waals surface area contributed by atoms with Gasteiger partial charge in [0, 0.05) is 11.1 Å². The van der Waals surface area contributed by atoms with Crippen molar-refractivity contribution in [3.8, 4) is 0 Å². The lowest BCUT2D eigenvalue weighted by Crippen LogP contribution is -2.37. The number of carbonyl (C=O) groups excluding carboxylic acids is 2. The van der Waals surface area contributed by atoms with Gasteiger partial charge in [0.1, 0.15) is 0 Å². The van der Waals surface area contributed by atoms with Gasteiger partial charge in [-0.3, -0.25) is 20.2 Å². The van der Waals surface area contributed by atoms with E-state index in [2.05, 4.69) is 10.6 Å². The zero-order valence-corrected chi connectivity index (χ0v) is 10.1. The molecule has 0 radical (unpaired) electrons. The van der Waals surface area contributed by atoms with E-state index in [4.69, 9.17) is 11.6 Å². The molecule has 5 heteroatoms. The minimum atomic E-state index is -0.437. The van der Waals surface area contributed by atoms with E-state index >= 15 is 0 Å². The fourth-order valence-electron chi connectivity index (χ4n) is 1.84. The first-order valence-corrected chi connectivity index (χ1v) is 5.79. The molecule has 0 bridgehead atoms. The van der Waals surface area contributed by atoms with Crippen LogP contribution in [0.2, 0.25) is 5.02 Å². The van der Waals surface area contributed by atoms with Crippen molar-refractivity contribution in [3.63, 3.8) is 0 Å². The molecule has 1 fully saturated rings. The molecule has 1 unspecified atom stereocenters. The van der Waals surface area contributed by atoms with Crippen molar-refractivity contribution in [2.45, 2.75) is 25.4 Å². The summed E-state index contributed by atoms with van der Waals surface area (Å²) in [5.74, 6) is -0.480. The summed E-state index contributed by atoms with van der Waals surface area (Å²) in [6.45, 7) is 1.94. The monoisotopic (exact) mass is 252 g/mol. The first-order valence-electron chi connectivity index (χ1n) is 5.41. The predicted molar refractivity (Wildman–Crippen MR) is 64.6 cm³/mol. The molecule has 0 aromatic heterocycles. The zero-order valence-electron chi connectivity index (χ0n) is 9.37. The smallest absolute Gasteiger partial charge is 0.244 e. The Bertz CT molecular complexity index is 444. The summed E-state index contributed by atoms with van der Waals surface area (Å²) in [4.78, 5) is 22.4. The fourth-order valence-corrected chi connectivity index (χ4v) is 1.96. The van der Waals surface area contributed by atoms with Gasteiger partial charge in [0.05, 0.1) is 12.5 Å². The first kappa shape index (κ1) is 12.1. The van der Waals surface area contributed by atoms with Crippen molar-refractivity contribution in [3.05, 3.63) is 34.9 Å². The minimum Gasteiger partial charge on any atom is -0.299 e. The molecule has 1 aromatic carbocycles. The molecular formula is C12H13ClN2O2. The Kier molecular flexibility index (Phi) is 3.45. The van der Waals surface area contributed by atoms with Crippen LogP contribution in [0.3, 0.4) is 0 Å². The molecular weight excluding hydrogens is 240 g/mol. The third kappa shape index (κ3) is 2.84. The van der Waals surface area contributed by atoms with E-state index in [0.717, 1.165) is 5.56 Å². The second kappa shape index (κ2) is 4.85. The van der Waals surface area contributed by atoms with Gasteiger partial charge in [0.2, 0.25) is 11.8 Å². The summed E-state index contributed by atoms with van der Waals surface area (Å²) in [6.07, 6.45) is 0.205. The summed E-state index contributed by atoms with van der Waals surface area (Å²) in [7, 11) is 0. The van der Waals surface area contributed by atoms with E-state index in [1.54, 1.807) is 12.1 Å². The number of hydrogen-bond donors (Lipinski definition) is 2. The van der Waals surface area contributed by atoms with E-state index in [1.165, 1.54) is 0 Å². The normalized spacial score (nSPS) is 21.4. The number of rotatable bonds is 3. The van der Waals surface area contributed by atoms with Crippen LogP contribution in [0.25, 0.3) is 0 Å². The fraction of sp³-hybridized carbons (Fsp3) is 0.333. The lowest BCUT2D eigenvalue weighted by molar-refractivity contribution is -0.125. The van der Waals surface area contributed by atoms with Crippen LogP contribution in [-0.4, -0.2) is 17.9 Å². The highest BCUT2D eigenvalue weighted by Gasteiger charge is 2.31. The van der Waals surface area contributed by atoms with E-state index in [1.807, 2.05) is 19.1 Å². The average Bonchev–Trinajstić information content (AvgIpc) is 2.58. The summed E-state index contributed by atoms with van der Waals surface area (Å²) >= 11 is 5.80. The summed E-state index contributed by atoms with van der Waals surface area (Å²) in [5, 5.41) is 6.07. The van der Waals surface area contributed by atoms with Crippen LogP contribution in [0.15, 0.2) is 24.3 Å². The molecule has 90 valence electrons. The number of amides is 2. The Morgan fingerprint density at radius 3 is 2.53 bits per heavy atom. The maximum atomic E-state index is 11.4. The molecule has 1 saturated heterocycles. The first-order chi connectivity index (χ1) is 8.06. The summed E-state index contributed by atoms with van der Waals surface area (Å²) < 4.78 is 0. The van der Waals surface area contributed by atoms with Gasteiger partial charge in [-0.2, -0.15) is 0 Å². The molecule has 1 aliphatic rings. The summed E-state index contributed by atoms with van der Waals surface area (Å²) in [5.41, 5.74) is 1.03. The van der Waals surface area contributed by atoms with Crippen LogP contribution in [0.5, 0.6) is 0 Å². The Labute approximate surface area is 104 Å². The van der Waals surface area contributed by atoms with E-state index < -0.39 is 6.04 Å². The van der Waals surface area contributed by atoms with Crippen molar-refractivity contribution >= 4 is 23.4 Å². The Morgan fingerprint density at radius 1 is 1.35 bits per heavy atom. The number of carbonyl (C=O) groups is 2. The number of imide groups is 1. The molecule has 0 saturated carbocycles. The van der Waals surface area contributed by atoms with Crippen molar-refractivity contribution in [2.75, 3.05) is 0 Å². The molecule has 0 spiro atoms. The highest BCUT2D eigenvalue weighted by atomic mass is 35.5. The SMILES string of the molecule is C[C@@H](NC1CC(=O)NC1=O)c1ccc(Cl)cc1. The molecule has 1 aromatic rings. The molecule has 2 amide bonds. The van der Waals surface area contributed by atoms with Gasteiger partial charge in [-0.05, 0) is 24.6 Å². The van der Waals surface area contributed by atoms with Crippen LogP contribution >= 0.6 is 11.6 Å². The van der Waals surface area contributed by atoms with Crippen LogP contribution in [0.1, 0.15) is 24.9 Å². The Hall–Kier alpha value is -1.39. The third-order valence-corrected chi connectivity index (χ3v) is 3.04. The van der Waals surface area contributed by atoms with Gasteiger partial charge >= 0.3 is 0 Å². The van der Waals surface area contributed by atoms with Gasteiger partial charge < -0.3 is 0 Å². The van der Waals surface area contributed by atoms with Crippen molar-refractivity contribution in [1.29, 1.82) is 0 Å². The molecule has 0 aliphatic carbocycles. The van der Waals surface area contributed by atoms with Gasteiger partial charge in [-0.1, -0.05) is 23.7 Å². The number of hydrogen-bond acceptors (Lipinski definition) is 3. The zero-order chi connectivity index (χ0) is 12.4. The van der Waals surface area contributed by atoms with Crippen LogP contribution < -0.4 is 10.6 Å². The van der Waals surface area contributed by atoms with Crippen molar-refractivity contribution in [2.24, 2.45) is 0 Å². The number of halogens is 1. The molecule has 4 nitrogen and oxygen atoms in total. The second-order valence-electron chi connectivity index (χ2n) is 4.11. The molecule has 2 N–H and O–H groups in total. The van der Waals surface area contributed by atoms with Crippen LogP contribution in [-0.2, 0) is 9.59 Å². The van der Waals surface area contributed by atoms with E-state index in [9.17, 15) is 9.59 Å². The second-order valence-corrected chi connectivity index (χ2v) is 4.55. The Balaban J connectivity index is 2.01. The lowest BCUT2D eigenvalue weighted by atomic mass is 10.1. The molecule has 2 atom stereocenters. The largest absolute Gasteiger partial charge is 0.299 e. The van der Waals surface area contributed by atoms with E-state index in [0.29, 0.717) is 5.02 Å². The Morgan fingerprint density at radius 2 is 2.00 bits per heavy atom. The predicted octanol–water partition coefficient (Wildman–Crippen LogP) is 1.41. The van der Waals surface area contributed by atoms with Crippen LogP contribution in [0, 0.1) is 0 Å². The highest BCUT2D eigenvalue weighted by Crippen LogP contribution is 2.17. The molecule has 2 rings (SSSR count). The van der Waals surface area contributed by atoms with Gasteiger partial charge in [0.15, 0.2) is 0 Å². The molecule has 1 heterocycles. The maximum absolute atomic E-state index is 11.4. The maximum Gasteiger partial charge on any atom is 0.244 e. The number of nitrogens with one attached hydrogen (secondary N) is 2. The standard InChI is InChI=1S/C12H13ClN2O2/c1-7(8-2-4-9(13)5-3-8)14-10-6-11(16)15-12(10)17/h2-5,7,10,14H,6H2,1H3,(H,15,16,17)/t7-,10?/m1/s1. The van der Waals surface area contributed by atoms with Crippen molar-refractivity contribution < 1.29 is 9.59 Å². The highest BCUT2D eigenvalue weighted by molar-refractivity contribution is 6.30. The summed E-state index contributed by atoms with van der Waals surface area (Å²) in [6, 6.07) is 6.95. The topological polar surface area (TPSA) is 58.2 Å². The minimum absolute atomic E-state index is 0.00563. The van der Waals surface area contributed by atoms with Gasteiger partial charge in [0.25, 0.3) is 0 Å². The van der Waals surface area contributed by atoms with Gasteiger partial charge in [-0.15, -0.1) is 0 Å². The lowest BCUT2D eigenvalue weighted by Gasteiger charge is -2.17. The van der Waals surface area contributed by atoms with Gasteiger partial charge in [-0.25, -0.2) is 0 Å². The van der Waals surface area contributed by atoms with E-state index in [-0.39, 0.29) is 24.3 Å². The quantitative estimate of drug-likeness (QED) is 0.800. The van der Waals surface area contributed by atoms with Crippen LogP contribution in [0.4, 0.5) is 0 Å². The van der Waals surface area contributed by atoms with Crippen molar-refractivity contribution in [1.82, 2.24) is 10.6 Å². The average molecular weight is 253 g/mol.